The maximum atomic E-state index is 13.1. The van der Waals surface area contributed by atoms with Crippen LogP contribution in [0, 0.1) is 11.3 Å². The van der Waals surface area contributed by atoms with E-state index in [1.54, 1.807) is 48.5 Å². The fourth-order valence-corrected chi connectivity index (χ4v) is 3.12. The van der Waals surface area contributed by atoms with Crippen molar-refractivity contribution in [1.29, 1.82) is 5.26 Å². The molecule has 28 heavy (non-hydrogen) atoms. The molecule has 0 saturated heterocycles. The molecule has 1 aromatic heterocycles. The van der Waals surface area contributed by atoms with Crippen LogP contribution in [0.3, 0.4) is 0 Å². The van der Waals surface area contributed by atoms with Crippen LogP contribution in [0.4, 0.5) is 5.69 Å². The van der Waals surface area contributed by atoms with Gasteiger partial charge in [0.1, 0.15) is 11.8 Å². The second-order valence-electron chi connectivity index (χ2n) is 5.97. The number of nitrogen functional groups attached to an aromatic ring is 1. The first kappa shape index (κ1) is 17.8. The van der Waals surface area contributed by atoms with E-state index >= 15 is 0 Å². The molecule has 0 amide bonds. The van der Waals surface area contributed by atoms with Crippen LogP contribution in [0.1, 0.15) is 5.56 Å². The van der Waals surface area contributed by atoms with Crippen LogP contribution < -0.4 is 16.0 Å². The van der Waals surface area contributed by atoms with E-state index in [0.29, 0.717) is 16.8 Å². The van der Waals surface area contributed by atoms with Crippen molar-refractivity contribution in [2.45, 2.75) is 0 Å². The number of anilines is 1. The number of nitrogens with zero attached hydrogens (tertiary/aromatic N) is 3. The van der Waals surface area contributed by atoms with E-state index in [4.69, 9.17) is 10.5 Å². The van der Waals surface area contributed by atoms with Crippen LogP contribution in [-0.4, -0.2) is 9.78 Å². The average molecular weight is 433 g/mol. The molecule has 0 atom stereocenters. The molecule has 0 bridgehead atoms. The zero-order chi connectivity index (χ0) is 19.7. The van der Waals surface area contributed by atoms with Crippen LogP contribution in [0.15, 0.2) is 76.0 Å². The van der Waals surface area contributed by atoms with Gasteiger partial charge in [0.2, 0.25) is 5.88 Å². The second kappa shape index (κ2) is 7.18. The van der Waals surface area contributed by atoms with Crippen molar-refractivity contribution in [1.82, 2.24) is 9.78 Å². The van der Waals surface area contributed by atoms with E-state index in [1.807, 2.05) is 24.3 Å². The van der Waals surface area contributed by atoms with E-state index in [1.165, 1.54) is 4.68 Å². The zero-order valence-corrected chi connectivity index (χ0v) is 16.1. The summed E-state index contributed by atoms with van der Waals surface area (Å²) < 4.78 is 8.10. The number of nitriles is 1. The van der Waals surface area contributed by atoms with Gasteiger partial charge in [-0.15, -0.1) is 5.10 Å². The van der Waals surface area contributed by atoms with Crippen molar-refractivity contribution < 1.29 is 4.74 Å². The molecule has 4 aromatic rings. The molecule has 0 spiro atoms. The van der Waals surface area contributed by atoms with Crippen molar-refractivity contribution >= 4 is 32.4 Å². The number of halogens is 1. The minimum absolute atomic E-state index is 0.109. The van der Waals surface area contributed by atoms with E-state index in [2.05, 4.69) is 21.0 Å². The Kier molecular flexibility index (Phi) is 4.55. The molecule has 0 saturated carbocycles. The summed E-state index contributed by atoms with van der Waals surface area (Å²) in [6.07, 6.45) is 0. The lowest BCUT2D eigenvalue weighted by Gasteiger charge is -2.13. The minimum atomic E-state index is -0.418. The number of nitrogens with two attached hydrogens (primary N) is 1. The quantitative estimate of drug-likeness (QED) is 0.484. The highest BCUT2D eigenvalue weighted by Crippen LogP contribution is 2.31. The van der Waals surface area contributed by atoms with Crippen LogP contribution in [-0.2, 0) is 0 Å². The van der Waals surface area contributed by atoms with E-state index in [-0.39, 0.29) is 22.5 Å². The lowest BCUT2D eigenvalue weighted by molar-refractivity contribution is 0.454. The van der Waals surface area contributed by atoms with Gasteiger partial charge in [-0.1, -0.05) is 34.1 Å². The molecule has 136 valence electrons. The fraction of sp³-hybridized carbons (Fsp3) is 0. The number of aromatic nitrogens is 2. The summed E-state index contributed by atoms with van der Waals surface area (Å²) in [5.41, 5.74) is 6.62. The second-order valence-corrected chi connectivity index (χ2v) is 6.89. The van der Waals surface area contributed by atoms with E-state index in [9.17, 15) is 10.1 Å². The van der Waals surface area contributed by atoms with Gasteiger partial charge < -0.3 is 10.5 Å². The third-order valence-electron chi connectivity index (χ3n) is 4.22. The molecule has 0 aliphatic carbocycles. The van der Waals surface area contributed by atoms with Crippen LogP contribution in [0.25, 0.3) is 16.5 Å². The Morgan fingerprint density at radius 2 is 1.75 bits per heavy atom. The number of para-hydroxylation sites is 1. The Bertz CT molecular complexity index is 1280. The highest BCUT2D eigenvalue weighted by Gasteiger charge is 2.18. The van der Waals surface area contributed by atoms with Crippen molar-refractivity contribution in [2.75, 3.05) is 5.73 Å². The first-order valence-electron chi connectivity index (χ1n) is 8.33. The minimum Gasteiger partial charge on any atom is -0.437 e. The Morgan fingerprint density at radius 3 is 2.43 bits per heavy atom. The Hall–Kier alpha value is -3.63. The highest BCUT2D eigenvalue weighted by atomic mass is 79.9. The summed E-state index contributed by atoms with van der Waals surface area (Å²) in [7, 11) is 0. The highest BCUT2D eigenvalue weighted by molar-refractivity contribution is 9.10. The molecule has 4 rings (SSSR count). The molecule has 0 unspecified atom stereocenters. The number of fused-ring (bicyclic) bond motifs is 1. The molecule has 2 N–H and O–H groups in total. The van der Waals surface area contributed by atoms with Gasteiger partial charge in [-0.25, -0.2) is 0 Å². The topological polar surface area (TPSA) is 93.9 Å². The van der Waals surface area contributed by atoms with Gasteiger partial charge in [-0.2, -0.15) is 9.94 Å². The van der Waals surface area contributed by atoms with Crippen molar-refractivity contribution in [3.8, 4) is 23.4 Å². The third-order valence-corrected chi connectivity index (χ3v) is 4.75. The van der Waals surface area contributed by atoms with Gasteiger partial charge in [-0.3, -0.25) is 4.79 Å². The predicted molar refractivity (Wildman–Crippen MR) is 111 cm³/mol. The first-order chi connectivity index (χ1) is 13.6. The molecule has 0 radical (unpaired) electrons. The lowest BCUT2D eigenvalue weighted by atomic mass is 10.1. The molecule has 0 aliphatic rings. The Balaban J connectivity index is 2.01. The lowest BCUT2D eigenvalue weighted by Crippen LogP contribution is -2.23. The monoisotopic (exact) mass is 432 g/mol. The molecule has 0 fully saturated rings. The summed E-state index contributed by atoms with van der Waals surface area (Å²) in [6, 6.07) is 21.4. The molecular weight excluding hydrogens is 420 g/mol. The van der Waals surface area contributed by atoms with Gasteiger partial charge in [0.05, 0.1) is 27.7 Å². The first-order valence-corrected chi connectivity index (χ1v) is 9.12. The molecule has 7 heteroatoms. The summed E-state index contributed by atoms with van der Waals surface area (Å²) in [4.78, 5) is 13.1. The van der Waals surface area contributed by atoms with Crippen molar-refractivity contribution in [3.05, 3.63) is 87.1 Å². The zero-order valence-electron chi connectivity index (χ0n) is 14.5. The van der Waals surface area contributed by atoms with Crippen molar-refractivity contribution in [2.24, 2.45) is 0 Å². The average Bonchev–Trinajstić information content (AvgIpc) is 2.72. The molecule has 0 aliphatic heterocycles. The summed E-state index contributed by atoms with van der Waals surface area (Å²) in [6.45, 7) is 0. The summed E-state index contributed by atoms with van der Waals surface area (Å²) in [5.74, 6) is 0.773. The van der Waals surface area contributed by atoms with Crippen LogP contribution in [0.2, 0.25) is 0 Å². The van der Waals surface area contributed by atoms with E-state index in [0.717, 1.165) is 4.47 Å². The molecular formula is C21H13BrN4O2. The summed E-state index contributed by atoms with van der Waals surface area (Å²) >= 11 is 3.38. The van der Waals surface area contributed by atoms with Gasteiger partial charge >= 0.3 is 0 Å². The number of ether oxygens (including phenoxy) is 1. The fourth-order valence-electron chi connectivity index (χ4n) is 2.86. The van der Waals surface area contributed by atoms with E-state index < -0.39 is 5.56 Å². The Morgan fingerprint density at radius 1 is 1.04 bits per heavy atom. The normalized spacial score (nSPS) is 10.6. The SMILES string of the molecule is N#Cc1ccc2c(Oc3ccc(Br)cc3)nn(-c3ccccc3)c(=O)c2c1N. The molecule has 3 aromatic carbocycles. The van der Waals surface area contributed by atoms with Gasteiger partial charge in [0.25, 0.3) is 5.56 Å². The number of benzene rings is 3. The number of rotatable bonds is 3. The number of hydrogen-bond donors (Lipinski definition) is 1. The molecule has 6 nitrogen and oxygen atoms in total. The standard InChI is InChI=1S/C21H13BrN4O2/c22-14-7-9-16(10-8-14)28-20-17-11-6-13(12-23)19(24)18(17)21(27)26(25-20)15-4-2-1-3-5-15/h1-11H,24H2. The maximum Gasteiger partial charge on any atom is 0.281 e. The van der Waals surface area contributed by atoms with Gasteiger partial charge in [-0.05, 0) is 48.5 Å². The Labute approximate surface area is 168 Å². The predicted octanol–water partition coefficient (Wildman–Crippen LogP) is 4.39. The largest absolute Gasteiger partial charge is 0.437 e. The molecule has 1 heterocycles. The van der Waals surface area contributed by atoms with Gasteiger partial charge in [0.15, 0.2) is 0 Å². The van der Waals surface area contributed by atoms with Crippen molar-refractivity contribution in [3.63, 3.8) is 0 Å². The van der Waals surface area contributed by atoms with Gasteiger partial charge in [0, 0.05) is 4.47 Å². The van der Waals surface area contributed by atoms with Crippen LogP contribution in [0.5, 0.6) is 11.6 Å². The maximum absolute atomic E-state index is 13.1. The third kappa shape index (κ3) is 3.10. The van der Waals surface area contributed by atoms with Crippen LogP contribution >= 0.6 is 15.9 Å². The summed E-state index contributed by atoms with van der Waals surface area (Å²) in [5, 5.41) is 14.4. The number of hydrogen-bond acceptors (Lipinski definition) is 5. The smallest absolute Gasteiger partial charge is 0.281 e.